The first kappa shape index (κ1) is 32.3. The van der Waals surface area contributed by atoms with Crippen molar-refractivity contribution in [2.24, 2.45) is 0 Å². The number of nitrogens with zero attached hydrogens (tertiary/aromatic N) is 2. The van der Waals surface area contributed by atoms with Crippen molar-refractivity contribution in [2.45, 2.75) is 37.8 Å². The van der Waals surface area contributed by atoms with Crippen molar-refractivity contribution in [1.29, 1.82) is 0 Å². The van der Waals surface area contributed by atoms with Crippen LogP contribution in [0.3, 0.4) is 0 Å². The number of para-hydroxylation sites is 1. The highest BCUT2D eigenvalue weighted by molar-refractivity contribution is 9.10. The normalized spacial score (nSPS) is 11.9. The van der Waals surface area contributed by atoms with E-state index < -0.39 is 28.5 Å². The maximum absolute atomic E-state index is 14.4. The zero-order valence-electron chi connectivity index (χ0n) is 23.9. The smallest absolute Gasteiger partial charge is 0.264 e. The number of aryl methyl sites for hydroxylation is 1. The third kappa shape index (κ3) is 8.25. The Balaban J connectivity index is 1.80. The lowest BCUT2D eigenvalue weighted by molar-refractivity contribution is -0.140. The number of sulfonamides is 1. The number of hydrogen-bond donors (Lipinski definition) is 1. The van der Waals surface area contributed by atoms with E-state index in [0.29, 0.717) is 22.8 Å². The molecule has 0 heterocycles. The van der Waals surface area contributed by atoms with Crippen LogP contribution in [0.1, 0.15) is 23.6 Å². The second-order valence-corrected chi connectivity index (χ2v) is 13.2. The molecule has 0 saturated carbocycles. The van der Waals surface area contributed by atoms with E-state index in [0.717, 1.165) is 19.9 Å². The van der Waals surface area contributed by atoms with Crippen molar-refractivity contribution in [3.05, 3.63) is 129 Å². The predicted octanol–water partition coefficient (Wildman–Crippen LogP) is 6.38. The number of anilines is 1. The standard InChI is InChI=1S/C33H33BrClN3O4S/c1-3-36-33(40)31(21-25-11-5-4-6-12-25)37(22-26-13-9-14-27(34)20-26)32(39)23-38(30-15-8-7-10-24(30)2)43(41,42)29-18-16-28(35)17-19-29/h4-20,31H,3,21-23H2,1-2H3,(H,36,40)/t31-/m1/s1. The van der Waals surface area contributed by atoms with Crippen LogP contribution in [0.25, 0.3) is 0 Å². The Hall–Kier alpha value is -3.66. The van der Waals surface area contributed by atoms with Gasteiger partial charge in [-0.15, -0.1) is 0 Å². The van der Waals surface area contributed by atoms with Crippen LogP contribution in [0.15, 0.2) is 112 Å². The molecular weight excluding hydrogens is 650 g/mol. The average Bonchev–Trinajstić information content (AvgIpc) is 2.99. The zero-order valence-corrected chi connectivity index (χ0v) is 27.1. The van der Waals surface area contributed by atoms with Gasteiger partial charge in [-0.05, 0) is 73.0 Å². The van der Waals surface area contributed by atoms with Crippen molar-refractivity contribution in [1.82, 2.24) is 10.2 Å². The SMILES string of the molecule is CCNC(=O)[C@@H](Cc1ccccc1)N(Cc1cccc(Br)c1)C(=O)CN(c1ccccc1C)S(=O)(=O)c1ccc(Cl)cc1. The highest BCUT2D eigenvalue weighted by Gasteiger charge is 2.35. The number of amides is 2. The predicted molar refractivity (Wildman–Crippen MR) is 174 cm³/mol. The highest BCUT2D eigenvalue weighted by Crippen LogP contribution is 2.28. The molecular formula is C33H33BrClN3O4S. The number of halogens is 2. The molecule has 7 nitrogen and oxygen atoms in total. The fraction of sp³-hybridized carbons (Fsp3) is 0.212. The molecule has 1 N–H and O–H groups in total. The average molecular weight is 683 g/mol. The van der Waals surface area contributed by atoms with Gasteiger partial charge in [0.1, 0.15) is 12.6 Å². The molecule has 2 amide bonds. The number of carbonyl (C=O) groups is 2. The van der Waals surface area contributed by atoms with Crippen molar-refractivity contribution in [2.75, 3.05) is 17.4 Å². The maximum atomic E-state index is 14.4. The minimum absolute atomic E-state index is 0.00365. The first-order chi connectivity index (χ1) is 20.6. The lowest BCUT2D eigenvalue weighted by Gasteiger charge is -2.34. The van der Waals surface area contributed by atoms with Gasteiger partial charge in [0.2, 0.25) is 11.8 Å². The molecule has 0 aliphatic rings. The second-order valence-electron chi connectivity index (χ2n) is 10.0. The van der Waals surface area contributed by atoms with E-state index in [-0.39, 0.29) is 23.8 Å². The minimum Gasteiger partial charge on any atom is -0.355 e. The van der Waals surface area contributed by atoms with Gasteiger partial charge < -0.3 is 10.2 Å². The topological polar surface area (TPSA) is 86.8 Å². The molecule has 0 aromatic heterocycles. The second kappa shape index (κ2) is 14.7. The number of hydrogen-bond acceptors (Lipinski definition) is 4. The van der Waals surface area contributed by atoms with Crippen molar-refractivity contribution in [3.63, 3.8) is 0 Å². The first-order valence-electron chi connectivity index (χ1n) is 13.8. The summed E-state index contributed by atoms with van der Waals surface area (Å²) in [5, 5.41) is 3.26. The van der Waals surface area contributed by atoms with Crippen molar-refractivity contribution < 1.29 is 18.0 Å². The van der Waals surface area contributed by atoms with Gasteiger partial charge in [0.25, 0.3) is 10.0 Å². The number of likely N-dealkylation sites (N-methyl/N-ethyl adjacent to an activating group) is 1. The monoisotopic (exact) mass is 681 g/mol. The molecule has 0 unspecified atom stereocenters. The Labute approximate surface area is 266 Å². The lowest BCUT2D eigenvalue weighted by Crippen LogP contribution is -2.53. The molecule has 0 bridgehead atoms. The molecule has 0 aliphatic heterocycles. The summed E-state index contributed by atoms with van der Waals surface area (Å²) in [6, 6.07) is 28.8. The number of nitrogens with one attached hydrogen (secondary N) is 1. The van der Waals surface area contributed by atoms with Crippen molar-refractivity contribution >= 4 is 55.1 Å². The summed E-state index contributed by atoms with van der Waals surface area (Å²) in [4.78, 5) is 29.4. The van der Waals surface area contributed by atoms with Crippen LogP contribution in [-0.2, 0) is 32.6 Å². The molecule has 4 aromatic carbocycles. The van der Waals surface area contributed by atoms with E-state index in [1.54, 1.807) is 31.2 Å². The summed E-state index contributed by atoms with van der Waals surface area (Å²) in [7, 11) is -4.20. The fourth-order valence-electron chi connectivity index (χ4n) is 4.77. The fourth-order valence-corrected chi connectivity index (χ4v) is 6.82. The van der Waals surface area contributed by atoms with E-state index in [2.05, 4.69) is 21.2 Å². The maximum Gasteiger partial charge on any atom is 0.264 e. The molecule has 0 aliphatic carbocycles. The molecule has 0 radical (unpaired) electrons. The zero-order chi connectivity index (χ0) is 31.0. The molecule has 0 spiro atoms. The van der Waals surface area contributed by atoms with Gasteiger partial charge in [-0.2, -0.15) is 0 Å². The first-order valence-corrected chi connectivity index (χ1v) is 16.4. The van der Waals surface area contributed by atoms with E-state index in [9.17, 15) is 18.0 Å². The molecule has 10 heteroatoms. The van der Waals surface area contributed by atoms with Crippen LogP contribution in [0, 0.1) is 6.92 Å². The van der Waals surface area contributed by atoms with Gasteiger partial charge in [-0.1, -0.05) is 88.2 Å². The van der Waals surface area contributed by atoms with Gasteiger partial charge in [0.15, 0.2) is 0 Å². The van der Waals surface area contributed by atoms with E-state index >= 15 is 0 Å². The molecule has 4 rings (SSSR count). The number of carbonyl (C=O) groups excluding carboxylic acids is 2. The Morgan fingerprint density at radius 3 is 2.19 bits per heavy atom. The van der Waals surface area contributed by atoms with E-state index in [1.807, 2.05) is 61.5 Å². The Morgan fingerprint density at radius 2 is 1.53 bits per heavy atom. The van der Waals surface area contributed by atoms with Crippen LogP contribution in [0.4, 0.5) is 5.69 Å². The van der Waals surface area contributed by atoms with Gasteiger partial charge in [0, 0.05) is 29.0 Å². The van der Waals surface area contributed by atoms with Gasteiger partial charge in [-0.3, -0.25) is 13.9 Å². The van der Waals surface area contributed by atoms with Gasteiger partial charge in [-0.25, -0.2) is 8.42 Å². The lowest BCUT2D eigenvalue weighted by atomic mass is 10.0. The van der Waals surface area contributed by atoms with Gasteiger partial charge >= 0.3 is 0 Å². The molecule has 0 fully saturated rings. The van der Waals surface area contributed by atoms with Crippen LogP contribution in [0.5, 0.6) is 0 Å². The summed E-state index contributed by atoms with van der Waals surface area (Å²) < 4.78 is 30.1. The Kier molecular flexibility index (Phi) is 11.0. The number of rotatable bonds is 12. The third-order valence-electron chi connectivity index (χ3n) is 6.93. The molecule has 43 heavy (non-hydrogen) atoms. The van der Waals surface area contributed by atoms with E-state index in [1.165, 1.54) is 29.2 Å². The third-order valence-corrected chi connectivity index (χ3v) is 9.45. The molecule has 1 atom stereocenters. The van der Waals surface area contributed by atoms with Crippen LogP contribution < -0.4 is 9.62 Å². The summed E-state index contributed by atoms with van der Waals surface area (Å²) in [5.74, 6) is -0.842. The molecule has 0 saturated heterocycles. The Bertz CT molecular complexity index is 1670. The van der Waals surface area contributed by atoms with E-state index in [4.69, 9.17) is 11.6 Å². The number of benzene rings is 4. The summed E-state index contributed by atoms with van der Waals surface area (Å²) in [5.41, 5.74) is 2.70. The van der Waals surface area contributed by atoms with Crippen LogP contribution in [0.2, 0.25) is 5.02 Å². The quantitative estimate of drug-likeness (QED) is 0.188. The van der Waals surface area contributed by atoms with Crippen molar-refractivity contribution in [3.8, 4) is 0 Å². The summed E-state index contributed by atoms with van der Waals surface area (Å²) in [6.45, 7) is 3.56. The summed E-state index contributed by atoms with van der Waals surface area (Å²) in [6.07, 6.45) is 0.251. The molecule has 224 valence electrons. The van der Waals surface area contributed by atoms with Crippen LogP contribution >= 0.6 is 27.5 Å². The van der Waals surface area contributed by atoms with Crippen LogP contribution in [-0.4, -0.2) is 44.3 Å². The molecule has 4 aromatic rings. The largest absolute Gasteiger partial charge is 0.355 e. The minimum atomic E-state index is -4.20. The Morgan fingerprint density at radius 1 is 0.884 bits per heavy atom. The van der Waals surface area contributed by atoms with Gasteiger partial charge in [0.05, 0.1) is 10.6 Å². The summed E-state index contributed by atoms with van der Waals surface area (Å²) >= 11 is 9.53. The highest BCUT2D eigenvalue weighted by atomic mass is 79.9.